The smallest absolute Gasteiger partial charge is 0.182 e. The molecule has 1 aromatic heterocycles. The lowest BCUT2D eigenvalue weighted by molar-refractivity contribution is 0.233. The highest BCUT2D eigenvalue weighted by Gasteiger charge is 2.17. The van der Waals surface area contributed by atoms with E-state index in [0.717, 1.165) is 18.8 Å². The summed E-state index contributed by atoms with van der Waals surface area (Å²) in [6.07, 6.45) is 8.40. The van der Waals surface area contributed by atoms with Gasteiger partial charge in [0.05, 0.1) is 12.4 Å². The highest BCUT2D eigenvalue weighted by Crippen LogP contribution is 2.19. The van der Waals surface area contributed by atoms with Crippen LogP contribution in [0.15, 0.2) is 57.3 Å². The number of allylic oxidation sites excluding steroid dienone is 5. The molecule has 5 N–H and O–H groups in total. The van der Waals surface area contributed by atoms with Gasteiger partial charge >= 0.3 is 0 Å². The second kappa shape index (κ2) is 9.31. The van der Waals surface area contributed by atoms with Gasteiger partial charge in [0.25, 0.3) is 0 Å². The summed E-state index contributed by atoms with van der Waals surface area (Å²) in [7, 11) is 0. The van der Waals surface area contributed by atoms with Crippen LogP contribution in [-0.2, 0) is 6.54 Å². The summed E-state index contributed by atoms with van der Waals surface area (Å²) < 4.78 is 18.3. The third-order valence-electron chi connectivity index (χ3n) is 3.80. The summed E-state index contributed by atoms with van der Waals surface area (Å²) in [4.78, 5) is 4.22. The molecule has 11 heteroatoms. The highest BCUT2D eigenvalue weighted by atomic mass is 35.5. The molecule has 2 heterocycles. The van der Waals surface area contributed by atoms with Gasteiger partial charge in [-0.3, -0.25) is 10.7 Å². The Labute approximate surface area is 159 Å². The zero-order chi connectivity index (χ0) is 19.1. The molecule has 1 aromatic rings. The Morgan fingerprint density at radius 3 is 3.11 bits per heavy atom. The third kappa shape index (κ3) is 5.16. The summed E-state index contributed by atoms with van der Waals surface area (Å²) in [5.74, 6) is -0.471. The molecule has 3 rings (SSSR count). The van der Waals surface area contributed by atoms with E-state index < -0.39 is 11.2 Å². The zero-order valence-electron chi connectivity index (χ0n) is 14.2. The number of amidine groups is 1. The fourth-order valence-electron chi connectivity index (χ4n) is 2.40. The van der Waals surface area contributed by atoms with Crippen molar-refractivity contribution in [2.24, 2.45) is 4.99 Å². The Morgan fingerprint density at radius 1 is 1.44 bits per heavy atom. The molecule has 0 radical (unpaired) electrons. The summed E-state index contributed by atoms with van der Waals surface area (Å²) in [5.41, 5.74) is 4.18. The first-order valence-corrected chi connectivity index (χ1v) is 8.68. The Balaban J connectivity index is 1.65. The predicted octanol–water partition coefficient (Wildman–Crippen LogP) is 1.18. The fraction of sp³-hybridized carbons (Fsp3) is 0.312. The monoisotopic (exact) mass is 395 g/mol. The van der Waals surface area contributed by atoms with E-state index in [9.17, 15) is 9.60 Å². The lowest BCUT2D eigenvalue weighted by atomic mass is 10.2. The van der Waals surface area contributed by atoms with Crippen LogP contribution in [0.1, 0.15) is 17.8 Å². The molecule has 0 saturated heterocycles. The quantitative estimate of drug-likeness (QED) is 0.153. The minimum Gasteiger partial charge on any atom is -0.372 e. The van der Waals surface area contributed by atoms with E-state index in [1.807, 2.05) is 11.7 Å². The molecule has 1 aliphatic heterocycles. The van der Waals surface area contributed by atoms with Gasteiger partial charge in [0.1, 0.15) is 16.9 Å². The number of halogens is 2. The van der Waals surface area contributed by atoms with Crippen LogP contribution in [0.4, 0.5) is 4.39 Å². The zero-order valence-corrected chi connectivity index (χ0v) is 15.0. The molecule has 0 saturated carbocycles. The third-order valence-corrected chi connectivity index (χ3v) is 4.15. The SMILES string of the molecule is ONC(=NC1=CC=C(F)C(Cl)C=C1)c1nonc1CNCCC1=CNCN1. The van der Waals surface area contributed by atoms with Crippen LogP contribution in [-0.4, -0.2) is 39.9 Å². The number of hydrogen-bond donors (Lipinski definition) is 5. The van der Waals surface area contributed by atoms with Crippen LogP contribution < -0.4 is 21.4 Å². The van der Waals surface area contributed by atoms with Gasteiger partial charge < -0.3 is 16.0 Å². The molecule has 0 aromatic carbocycles. The molecule has 27 heavy (non-hydrogen) atoms. The Morgan fingerprint density at radius 2 is 2.33 bits per heavy atom. The van der Waals surface area contributed by atoms with Gasteiger partial charge in [-0.15, -0.1) is 11.6 Å². The van der Waals surface area contributed by atoms with Gasteiger partial charge in [0.2, 0.25) is 0 Å². The molecular weight excluding hydrogens is 377 g/mol. The Bertz CT molecular complexity index is 815. The van der Waals surface area contributed by atoms with E-state index >= 15 is 0 Å². The van der Waals surface area contributed by atoms with E-state index in [2.05, 4.69) is 31.3 Å². The largest absolute Gasteiger partial charge is 0.372 e. The summed E-state index contributed by atoms with van der Waals surface area (Å²) in [6, 6.07) is 0. The van der Waals surface area contributed by atoms with Crippen LogP contribution in [0, 0.1) is 0 Å². The van der Waals surface area contributed by atoms with Crippen molar-refractivity contribution in [3.8, 4) is 0 Å². The lowest BCUT2D eigenvalue weighted by Gasteiger charge is -2.06. The second-order valence-corrected chi connectivity index (χ2v) is 6.16. The summed E-state index contributed by atoms with van der Waals surface area (Å²) in [6.45, 7) is 1.82. The molecule has 0 amide bonds. The van der Waals surface area contributed by atoms with Gasteiger partial charge in [-0.2, -0.15) is 0 Å². The van der Waals surface area contributed by atoms with Crippen LogP contribution in [0.2, 0.25) is 0 Å². The summed E-state index contributed by atoms with van der Waals surface area (Å²) in [5, 5.41) is 25.7. The minimum atomic E-state index is -0.854. The predicted molar refractivity (Wildman–Crippen MR) is 97.4 cm³/mol. The topological polar surface area (TPSA) is 120 Å². The maximum atomic E-state index is 13.5. The van der Waals surface area contributed by atoms with Gasteiger partial charge in [-0.25, -0.2) is 14.0 Å². The standard InChI is InChI=1S/C16H19ClFN7O2/c17-12-3-1-10(2-4-13(12)18)22-16(23-26)15-14(24-27-25-15)8-19-6-5-11-7-20-9-21-11/h1-4,7,12,19-21,26H,5-6,8-9H2,(H,22,23). The van der Waals surface area contributed by atoms with Crippen molar-refractivity contribution >= 4 is 17.4 Å². The van der Waals surface area contributed by atoms with Gasteiger partial charge in [-0.05, 0) is 23.4 Å². The number of nitrogens with zero attached hydrogens (tertiary/aromatic N) is 3. The molecule has 9 nitrogen and oxygen atoms in total. The van der Waals surface area contributed by atoms with Gasteiger partial charge in [-0.1, -0.05) is 11.2 Å². The summed E-state index contributed by atoms with van der Waals surface area (Å²) >= 11 is 5.82. The molecule has 1 unspecified atom stereocenters. The van der Waals surface area contributed by atoms with Gasteiger partial charge in [0, 0.05) is 31.4 Å². The van der Waals surface area contributed by atoms with E-state index in [-0.39, 0.29) is 11.5 Å². The molecule has 2 aliphatic rings. The lowest BCUT2D eigenvalue weighted by Crippen LogP contribution is -2.25. The van der Waals surface area contributed by atoms with E-state index in [4.69, 9.17) is 16.2 Å². The number of aromatic nitrogens is 2. The maximum absolute atomic E-state index is 13.5. The van der Waals surface area contributed by atoms with Crippen molar-refractivity contribution in [1.82, 2.24) is 31.7 Å². The maximum Gasteiger partial charge on any atom is 0.182 e. The van der Waals surface area contributed by atoms with Crippen LogP contribution >= 0.6 is 11.6 Å². The fourth-order valence-corrected chi connectivity index (χ4v) is 2.55. The Hall–Kier alpha value is -2.69. The van der Waals surface area contributed by atoms with Gasteiger partial charge in [0.15, 0.2) is 11.5 Å². The van der Waals surface area contributed by atoms with Crippen LogP contribution in [0.25, 0.3) is 0 Å². The van der Waals surface area contributed by atoms with Crippen LogP contribution in [0.5, 0.6) is 0 Å². The van der Waals surface area contributed by atoms with Crippen molar-refractivity contribution in [3.63, 3.8) is 0 Å². The van der Waals surface area contributed by atoms with E-state index in [1.165, 1.54) is 18.2 Å². The highest BCUT2D eigenvalue weighted by molar-refractivity contribution is 6.23. The number of aliphatic imine (C=N–C) groups is 1. The Kier molecular flexibility index (Phi) is 6.58. The van der Waals surface area contributed by atoms with Crippen molar-refractivity contribution < 1.29 is 14.2 Å². The van der Waals surface area contributed by atoms with Crippen molar-refractivity contribution in [1.29, 1.82) is 0 Å². The van der Waals surface area contributed by atoms with Crippen molar-refractivity contribution in [2.75, 3.05) is 13.2 Å². The molecular formula is C16H19ClFN7O2. The first kappa shape index (κ1) is 19.1. The molecule has 0 bridgehead atoms. The van der Waals surface area contributed by atoms with E-state index in [0.29, 0.717) is 24.5 Å². The number of hydroxylamine groups is 1. The van der Waals surface area contributed by atoms with Crippen molar-refractivity contribution in [3.05, 3.63) is 59.1 Å². The average Bonchev–Trinajstić information content (AvgIpc) is 3.33. The average molecular weight is 396 g/mol. The normalized spacial score (nSPS) is 19.6. The number of hydrogen-bond acceptors (Lipinski definition) is 8. The molecule has 0 spiro atoms. The first-order valence-electron chi connectivity index (χ1n) is 8.24. The number of nitrogens with one attached hydrogen (secondary N) is 4. The second-order valence-electron chi connectivity index (χ2n) is 5.69. The molecule has 144 valence electrons. The number of rotatable bonds is 7. The van der Waals surface area contributed by atoms with E-state index in [1.54, 1.807) is 6.08 Å². The molecule has 0 fully saturated rings. The van der Waals surface area contributed by atoms with Crippen LogP contribution in [0.3, 0.4) is 0 Å². The minimum absolute atomic E-state index is 0.0233. The van der Waals surface area contributed by atoms with Crippen molar-refractivity contribution in [2.45, 2.75) is 18.3 Å². The number of alkyl halides is 1. The molecule has 1 atom stereocenters. The molecule has 1 aliphatic carbocycles. The first-order chi connectivity index (χ1) is 13.2.